The summed E-state index contributed by atoms with van der Waals surface area (Å²) in [5.74, 6) is -2.43. The van der Waals surface area contributed by atoms with Crippen LogP contribution in [0.3, 0.4) is 0 Å². The van der Waals surface area contributed by atoms with Gasteiger partial charge in [-0.05, 0) is 24.5 Å². The number of aromatic nitrogens is 4. The SMILES string of the molecule is O=C(Cn1cc(Cn2c(=O)c(C(=O)C(F)(F)F)c(-c3ccccc3)c3ccccc32)nn1)NC1CCCCC1. The maximum absolute atomic E-state index is 13.7. The Morgan fingerprint density at radius 2 is 1.67 bits per heavy atom. The fourth-order valence-electron chi connectivity index (χ4n) is 5.14. The van der Waals surface area contributed by atoms with E-state index in [0.29, 0.717) is 16.5 Å². The zero-order valence-corrected chi connectivity index (χ0v) is 20.9. The Hall–Kier alpha value is -4.28. The smallest absolute Gasteiger partial charge is 0.352 e. The molecule has 1 aliphatic rings. The summed E-state index contributed by atoms with van der Waals surface area (Å²) in [6.07, 6.45) is 1.39. The quantitative estimate of drug-likeness (QED) is 0.350. The van der Waals surface area contributed by atoms with Gasteiger partial charge in [0.25, 0.3) is 11.3 Å². The van der Waals surface area contributed by atoms with E-state index in [2.05, 4.69) is 15.6 Å². The van der Waals surface area contributed by atoms with Gasteiger partial charge >= 0.3 is 6.18 Å². The molecule has 0 aliphatic heterocycles. The Labute approximate surface area is 221 Å². The largest absolute Gasteiger partial charge is 0.455 e. The Morgan fingerprint density at radius 3 is 2.38 bits per heavy atom. The summed E-state index contributed by atoms with van der Waals surface area (Å²) in [5, 5.41) is 11.3. The van der Waals surface area contributed by atoms with Gasteiger partial charge < -0.3 is 9.88 Å². The van der Waals surface area contributed by atoms with Crippen LogP contribution in [0.15, 0.2) is 65.6 Å². The third-order valence-corrected chi connectivity index (χ3v) is 6.90. The predicted octanol–water partition coefficient (Wildman–Crippen LogP) is 4.50. The standard InChI is InChI=1S/C28H26F3N5O3/c29-28(30,31)26(38)25-24(18-9-3-1-4-10-18)21-13-7-8-14-22(21)36(27(25)39)16-20-15-35(34-33-20)17-23(37)32-19-11-5-2-6-12-19/h1,3-4,7-10,13-15,19H,2,5-6,11-12,16-17H2,(H,32,37). The van der Waals surface area contributed by atoms with Gasteiger partial charge in [0.05, 0.1) is 18.3 Å². The summed E-state index contributed by atoms with van der Waals surface area (Å²) in [5.41, 5.74) is -1.19. The van der Waals surface area contributed by atoms with Gasteiger partial charge in [0.2, 0.25) is 5.91 Å². The minimum atomic E-state index is -5.25. The molecule has 1 N–H and O–H groups in total. The molecule has 8 nitrogen and oxygen atoms in total. The van der Waals surface area contributed by atoms with Crippen molar-refractivity contribution < 1.29 is 22.8 Å². The lowest BCUT2D eigenvalue weighted by molar-refractivity contribution is -0.122. The van der Waals surface area contributed by atoms with Gasteiger partial charge in [-0.1, -0.05) is 73.0 Å². The number of carbonyl (C=O) groups excluding carboxylic acids is 2. The third-order valence-electron chi connectivity index (χ3n) is 6.90. The molecule has 2 heterocycles. The topological polar surface area (TPSA) is 98.9 Å². The van der Waals surface area contributed by atoms with Crippen molar-refractivity contribution in [1.29, 1.82) is 0 Å². The van der Waals surface area contributed by atoms with Crippen LogP contribution in [0.25, 0.3) is 22.0 Å². The number of ketones is 1. The summed E-state index contributed by atoms with van der Waals surface area (Å²) >= 11 is 0. The van der Waals surface area contributed by atoms with E-state index in [-0.39, 0.29) is 36.3 Å². The molecule has 4 aromatic rings. The minimum Gasteiger partial charge on any atom is -0.352 e. The first-order valence-electron chi connectivity index (χ1n) is 12.7. The summed E-state index contributed by atoms with van der Waals surface area (Å²) in [4.78, 5) is 38.7. The molecular weight excluding hydrogens is 511 g/mol. The van der Waals surface area contributed by atoms with E-state index in [1.807, 2.05) is 0 Å². The van der Waals surface area contributed by atoms with Crippen LogP contribution in [0.2, 0.25) is 0 Å². The second-order valence-corrected chi connectivity index (χ2v) is 9.66. The maximum Gasteiger partial charge on any atom is 0.455 e. The number of hydrogen-bond acceptors (Lipinski definition) is 5. The molecular formula is C28H26F3N5O3. The van der Waals surface area contributed by atoms with Crippen LogP contribution in [-0.2, 0) is 17.9 Å². The van der Waals surface area contributed by atoms with Crippen molar-refractivity contribution in [3.05, 3.63) is 82.4 Å². The fourth-order valence-corrected chi connectivity index (χ4v) is 5.14. The van der Waals surface area contributed by atoms with Gasteiger partial charge in [-0.2, -0.15) is 13.2 Å². The zero-order chi connectivity index (χ0) is 27.6. The van der Waals surface area contributed by atoms with Crippen LogP contribution in [-0.4, -0.2) is 43.5 Å². The lowest BCUT2D eigenvalue weighted by Gasteiger charge is -2.22. The average molecular weight is 538 g/mol. The second-order valence-electron chi connectivity index (χ2n) is 9.66. The monoisotopic (exact) mass is 537 g/mol. The molecule has 2 aromatic carbocycles. The molecule has 0 spiro atoms. The van der Waals surface area contributed by atoms with E-state index >= 15 is 0 Å². The predicted molar refractivity (Wildman–Crippen MR) is 138 cm³/mol. The maximum atomic E-state index is 13.7. The number of amides is 1. The van der Waals surface area contributed by atoms with Crippen molar-refractivity contribution >= 4 is 22.6 Å². The van der Waals surface area contributed by atoms with E-state index in [1.165, 1.54) is 10.9 Å². The number of nitrogens with zero attached hydrogens (tertiary/aromatic N) is 4. The summed E-state index contributed by atoms with van der Waals surface area (Å²) in [7, 11) is 0. The molecule has 5 rings (SSSR count). The van der Waals surface area contributed by atoms with E-state index in [0.717, 1.165) is 36.7 Å². The van der Waals surface area contributed by atoms with Crippen molar-refractivity contribution in [1.82, 2.24) is 24.9 Å². The Bertz CT molecular complexity index is 1570. The summed E-state index contributed by atoms with van der Waals surface area (Å²) in [6, 6.07) is 14.7. The van der Waals surface area contributed by atoms with Crippen LogP contribution in [0, 0.1) is 0 Å². The van der Waals surface area contributed by atoms with Crippen LogP contribution < -0.4 is 10.9 Å². The lowest BCUT2D eigenvalue weighted by Crippen LogP contribution is -2.38. The molecule has 202 valence electrons. The van der Waals surface area contributed by atoms with Crippen LogP contribution in [0.1, 0.15) is 48.2 Å². The number of rotatable bonds is 7. The Balaban J connectivity index is 1.52. The number of fused-ring (bicyclic) bond motifs is 1. The van der Waals surface area contributed by atoms with Crippen molar-refractivity contribution in [2.45, 2.75) is 57.4 Å². The molecule has 11 heteroatoms. The molecule has 0 radical (unpaired) electrons. The highest BCUT2D eigenvalue weighted by Crippen LogP contribution is 2.34. The van der Waals surface area contributed by atoms with Gasteiger partial charge in [0, 0.05) is 17.0 Å². The van der Waals surface area contributed by atoms with Gasteiger partial charge in [-0.15, -0.1) is 5.10 Å². The summed E-state index contributed by atoms with van der Waals surface area (Å²) in [6.45, 7) is -0.319. The first-order chi connectivity index (χ1) is 18.7. The van der Waals surface area contributed by atoms with E-state index < -0.39 is 23.1 Å². The number of pyridine rings is 1. The fraction of sp³-hybridized carbons (Fsp3) is 0.321. The number of Topliss-reactive ketones (excluding diaryl/α,β-unsaturated/α-hetero) is 1. The number of halogens is 3. The first kappa shape index (κ1) is 26.3. The second kappa shape index (κ2) is 10.8. The molecule has 1 fully saturated rings. The van der Waals surface area contributed by atoms with Crippen LogP contribution in [0.4, 0.5) is 13.2 Å². The minimum absolute atomic E-state index is 0.0715. The molecule has 1 saturated carbocycles. The van der Waals surface area contributed by atoms with E-state index in [1.54, 1.807) is 54.6 Å². The van der Waals surface area contributed by atoms with Gasteiger partial charge in [0.1, 0.15) is 17.8 Å². The number of benzene rings is 2. The molecule has 0 saturated heterocycles. The lowest BCUT2D eigenvalue weighted by atomic mass is 9.93. The number of para-hydroxylation sites is 1. The molecule has 0 atom stereocenters. The van der Waals surface area contributed by atoms with E-state index in [9.17, 15) is 27.6 Å². The van der Waals surface area contributed by atoms with Crippen molar-refractivity contribution in [2.24, 2.45) is 0 Å². The molecule has 1 aliphatic carbocycles. The highest BCUT2D eigenvalue weighted by molar-refractivity contribution is 6.11. The van der Waals surface area contributed by atoms with Crippen LogP contribution in [0.5, 0.6) is 0 Å². The molecule has 0 unspecified atom stereocenters. The van der Waals surface area contributed by atoms with Crippen molar-refractivity contribution in [3.8, 4) is 11.1 Å². The molecule has 39 heavy (non-hydrogen) atoms. The number of nitrogens with one attached hydrogen (secondary N) is 1. The first-order valence-corrected chi connectivity index (χ1v) is 12.7. The third kappa shape index (κ3) is 5.62. The van der Waals surface area contributed by atoms with Crippen LogP contribution >= 0.6 is 0 Å². The van der Waals surface area contributed by atoms with Crippen molar-refractivity contribution in [3.63, 3.8) is 0 Å². The van der Waals surface area contributed by atoms with Crippen molar-refractivity contribution in [2.75, 3.05) is 0 Å². The van der Waals surface area contributed by atoms with Gasteiger partial charge in [0.15, 0.2) is 0 Å². The highest BCUT2D eigenvalue weighted by atomic mass is 19.4. The normalized spacial score (nSPS) is 14.4. The summed E-state index contributed by atoms with van der Waals surface area (Å²) < 4.78 is 43.5. The number of carbonyl (C=O) groups is 2. The zero-order valence-electron chi connectivity index (χ0n) is 20.9. The van der Waals surface area contributed by atoms with Gasteiger partial charge in [-0.25, -0.2) is 4.68 Å². The Kier molecular flexibility index (Phi) is 7.32. The Morgan fingerprint density at radius 1 is 0.974 bits per heavy atom. The molecule has 2 aromatic heterocycles. The molecule has 0 bridgehead atoms. The average Bonchev–Trinajstić information content (AvgIpc) is 3.36. The molecule has 1 amide bonds. The van der Waals surface area contributed by atoms with E-state index in [4.69, 9.17) is 0 Å². The highest BCUT2D eigenvalue weighted by Gasteiger charge is 2.43. The number of hydrogen-bond donors (Lipinski definition) is 1. The van der Waals surface area contributed by atoms with Gasteiger partial charge in [-0.3, -0.25) is 14.4 Å². The number of alkyl halides is 3.